The Morgan fingerprint density at radius 3 is 2.50 bits per heavy atom. The van der Waals surface area contributed by atoms with Gasteiger partial charge in [-0.2, -0.15) is 0 Å². The average molecular weight is 229 g/mol. The van der Waals surface area contributed by atoms with Gasteiger partial charge in [0, 0.05) is 31.6 Å². The monoisotopic (exact) mass is 229 g/mol. The number of nitrogens with two attached hydrogens (primary N) is 1. The lowest BCUT2D eigenvalue weighted by atomic mass is 10.1. The van der Waals surface area contributed by atoms with Crippen molar-refractivity contribution in [1.29, 1.82) is 0 Å². The molecule has 2 unspecified atom stereocenters. The van der Waals surface area contributed by atoms with Gasteiger partial charge in [-0.15, -0.1) is 0 Å². The smallest absolute Gasteiger partial charge is 0.221 e. The minimum absolute atomic E-state index is 0.0912. The highest BCUT2D eigenvalue weighted by atomic mass is 16.1. The molecule has 0 radical (unpaired) electrons. The highest BCUT2D eigenvalue weighted by Gasteiger charge is 2.20. The molecule has 0 saturated heterocycles. The number of hydrogen-bond acceptors (Lipinski definition) is 3. The van der Waals surface area contributed by atoms with E-state index in [1.165, 1.54) is 0 Å². The van der Waals surface area contributed by atoms with Gasteiger partial charge in [0.25, 0.3) is 0 Å². The van der Waals surface area contributed by atoms with Crippen LogP contribution in [0.25, 0.3) is 0 Å². The lowest BCUT2D eigenvalue weighted by molar-refractivity contribution is -0.122. The maximum atomic E-state index is 11.5. The van der Waals surface area contributed by atoms with Crippen LogP contribution in [-0.2, 0) is 4.79 Å². The summed E-state index contributed by atoms with van der Waals surface area (Å²) in [5.74, 6) is 0.0912. The molecule has 3 N–H and O–H groups in total. The van der Waals surface area contributed by atoms with Crippen LogP contribution in [0.15, 0.2) is 0 Å². The number of nitrogens with one attached hydrogen (secondary N) is 1. The zero-order valence-electron chi connectivity index (χ0n) is 11.1. The molecule has 0 fully saturated rings. The molecule has 96 valence electrons. The number of nitrogens with zero attached hydrogens (tertiary/aromatic N) is 1. The summed E-state index contributed by atoms with van der Waals surface area (Å²) in [6, 6.07) is 0.626. The number of hydrogen-bond donors (Lipinski definition) is 2. The van der Waals surface area contributed by atoms with Crippen molar-refractivity contribution in [3.8, 4) is 0 Å². The summed E-state index contributed by atoms with van der Waals surface area (Å²) in [7, 11) is 2.05. The Morgan fingerprint density at radius 2 is 2.06 bits per heavy atom. The van der Waals surface area contributed by atoms with Crippen LogP contribution in [0, 0.1) is 0 Å². The van der Waals surface area contributed by atoms with Crippen LogP contribution < -0.4 is 11.1 Å². The molecule has 4 heteroatoms. The first kappa shape index (κ1) is 15.4. The third-order valence-electron chi connectivity index (χ3n) is 3.04. The van der Waals surface area contributed by atoms with Crippen LogP contribution in [0.4, 0.5) is 0 Å². The Bertz CT molecular complexity index is 197. The quantitative estimate of drug-likeness (QED) is 0.652. The molecular weight excluding hydrogens is 202 g/mol. The van der Waals surface area contributed by atoms with Crippen LogP contribution in [0.2, 0.25) is 0 Å². The molecule has 0 bridgehead atoms. The summed E-state index contributed by atoms with van der Waals surface area (Å²) >= 11 is 0. The fourth-order valence-corrected chi connectivity index (χ4v) is 1.86. The van der Waals surface area contributed by atoms with Crippen LogP contribution in [0.1, 0.15) is 40.0 Å². The van der Waals surface area contributed by atoms with E-state index in [0.717, 1.165) is 12.8 Å². The summed E-state index contributed by atoms with van der Waals surface area (Å²) < 4.78 is 0. The molecule has 0 aromatic heterocycles. The van der Waals surface area contributed by atoms with Crippen molar-refractivity contribution in [2.45, 2.75) is 52.1 Å². The average Bonchev–Trinajstić information content (AvgIpc) is 2.25. The molecule has 0 heterocycles. The van der Waals surface area contributed by atoms with Crippen molar-refractivity contribution in [3.63, 3.8) is 0 Å². The summed E-state index contributed by atoms with van der Waals surface area (Å²) in [6.45, 7) is 7.50. The van der Waals surface area contributed by atoms with Crippen LogP contribution in [0.5, 0.6) is 0 Å². The van der Waals surface area contributed by atoms with E-state index in [2.05, 4.69) is 31.1 Å². The second kappa shape index (κ2) is 8.53. The van der Waals surface area contributed by atoms with Gasteiger partial charge in [0.15, 0.2) is 0 Å². The fraction of sp³-hybridized carbons (Fsp3) is 0.917. The molecule has 0 rings (SSSR count). The predicted octanol–water partition coefficient (Wildman–Crippen LogP) is 0.960. The van der Waals surface area contributed by atoms with E-state index in [-0.39, 0.29) is 11.9 Å². The van der Waals surface area contributed by atoms with Crippen molar-refractivity contribution >= 4 is 5.91 Å². The largest absolute Gasteiger partial charge is 0.356 e. The van der Waals surface area contributed by atoms with Crippen LogP contribution >= 0.6 is 0 Å². The fourth-order valence-electron chi connectivity index (χ4n) is 1.86. The summed E-state index contributed by atoms with van der Waals surface area (Å²) in [5, 5.41) is 2.81. The van der Waals surface area contributed by atoms with Crippen molar-refractivity contribution in [2.75, 3.05) is 20.1 Å². The molecule has 0 aliphatic heterocycles. The molecule has 1 amide bonds. The molecule has 0 aromatic carbocycles. The van der Waals surface area contributed by atoms with Gasteiger partial charge in [-0.1, -0.05) is 13.3 Å². The van der Waals surface area contributed by atoms with E-state index >= 15 is 0 Å². The third kappa shape index (κ3) is 5.47. The number of amides is 1. The first-order valence-corrected chi connectivity index (χ1v) is 6.25. The summed E-state index contributed by atoms with van der Waals surface area (Å²) in [5.41, 5.74) is 5.73. The van der Waals surface area contributed by atoms with E-state index in [1.54, 1.807) is 0 Å². The standard InChI is InChI=1S/C12H27N3O/c1-5-7-10(3)15(4)11(9-13)8-12(16)14-6-2/h10-11H,5-9,13H2,1-4H3,(H,14,16). The lowest BCUT2D eigenvalue weighted by Crippen LogP contribution is -2.45. The Hall–Kier alpha value is -0.610. The maximum Gasteiger partial charge on any atom is 0.221 e. The van der Waals surface area contributed by atoms with E-state index in [0.29, 0.717) is 25.6 Å². The molecule has 0 aliphatic rings. The minimum atomic E-state index is 0.0912. The minimum Gasteiger partial charge on any atom is -0.356 e. The first-order chi connectivity index (χ1) is 7.56. The number of likely N-dealkylation sites (N-methyl/N-ethyl adjacent to an activating group) is 1. The topological polar surface area (TPSA) is 58.4 Å². The Balaban J connectivity index is 4.19. The Kier molecular flexibility index (Phi) is 8.21. The van der Waals surface area contributed by atoms with Crippen molar-refractivity contribution < 1.29 is 4.79 Å². The molecule has 0 aromatic rings. The van der Waals surface area contributed by atoms with Crippen molar-refractivity contribution in [1.82, 2.24) is 10.2 Å². The van der Waals surface area contributed by atoms with E-state index < -0.39 is 0 Å². The summed E-state index contributed by atoms with van der Waals surface area (Å²) in [4.78, 5) is 13.7. The van der Waals surface area contributed by atoms with E-state index in [1.807, 2.05) is 6.92 Å². The molecule has 2 atom stereocenters. The molecule has 0 saturated carbocycles. The zero-order valence-corrected chi connectivity index (χ0v) is 11.1. The SMILES string of the molecule is CCCC(C)N(C)C(CN)CC(=O)NCC. The highest BCUT2D eigenvalue weighted by Crippen LogP contribution is 2.10. The molecule has 4 nitrogen and oxygen atoms in total. The van der Waals surface area contributed by atoms with Crippen molar-refractivity contribution in [2.24, 2.45) is 5.73 Å². The van der Waals surface area contributed by atoms with E-state index in [9.17, 15) is 4.79 Å². The maximum absolute atomic E-state index is 11.5. The van der Waals surface area contributed by atoms with Gasteiger partial charge < -0.3 is 11.1 Å². The molecule has 0 spiro atoms. The van der Waals surface area contributed by atoms with Crippen LogP contribution in [-0.4, -0.2) is 43.0 Å². The van der Waals surface area contributed by atoms with Gasteiger partial charge in [0.1, 0.15) is 0 Å². The van der Waals surface area contributed by atoms with Gasteiger partial charge >= 0.3 is 0 Å². The molecule has 16 heavy (non-hydrogen) atoms. The predicted molar refractivity (Wildman–Crippen MR) is 68.3 cm³/mol. The number of rotatable bonds is 8. The summed E-state index contributed by atoms with van der Waals surface area (Å²) in [6.07, 6.45) is 2.79. The van der Waals surface area contributed by atoms with Gasteiger partial charge in [0.2, 0.25) is 5.91 Å². The normalized spacial score (nSPS) is 14.9. The second-order valence-corrected chi connectivity index (χ2v) is 4.35. The third-order valence-corrected chi connectivity index (χ3v) is 3.04. The van der Waals surface area contributed by atoms with Gasteiger partial charge in [0.05, 0.1) is 0 Å². The highest BCUT2D eigenvalue weighted by molar-refractivity contribution is 5.76. The van der Waals surface area contributed by atoms with Crippen LogP contribution in [0.3, 0.4) is 0 Å². The number of carbonyl (C=O) groups excluding carboxylic acids is 1. The molecule has 0 aliphatic carbocycles. The Morgan fingerprint density at radius 1 is 1.44 bits per heavy atom. The van der Waals surface area contributed by atoms with Crippen molar-refractivity contribution in [3.05, 3.63) is 0 Å². The number of carbonyl (C=O) groups is 1. The van der Waals surface area contributed by atoms with Gasteiger partial charge in [-0.05, 0) is 27.3 Å². The van der Waals surface area contributed by atoms with Gasteiger partial charge in [-0.3, -0.25) is 9.69 Å². The van der Waals surface area contributed by atoms with Gasteiger partial charge in [-0.25, -0.2) is 0 Å². The zero-order chi connectivity index (χ0) is 12.6. The lowest BCUT2D eigenvalue weighted by Gasteiger charge is -2.32. The first-order valence-electron chi connectivity index (χ1n) is 6.25. The Labute approximate surface area is 99.6 Å². The van der Waals surface area contributed by atoms with E-state index in [4.69, 9.17) is 5.73 Å². The molecular formula is C12H27N3O. The second-order valence-electron chi connectivity index (χ2n) is 4.35.